The molecule has 5 nitrogen and oxygen atoms in total. The van der Waals surface area contributed by atoms with Crippen molar-refractivity contribution in [3.05, 3.63) is 41.8 Å². The van der Waals surface area contributed by atoms with Crippen molar-refractivity contribution in [3.63, 3.8) is 0 Å². The molecule has 0 saturated heterocycles. The van der Waals surface area contributed by atoms with Crippen molar-refractivity contribution in [2.24, 2.45) is 5.92 Å². The molecule has 0 aliphatic heterocycles. The van der Waals surface area contributed by atoms with Crippen LogP contribution in [0.15, 0.2) is 30.5 Å². The molecule has 1 aromatic heterocycles. The zero-order valence-electron chi connectivity index (χ0n) is 11.9. The topological polar surface area (TPSA) is 80.9 Å². The fourth-order valence-corrected chi connectivity index (χ4v) is 1.73. The Morgan fingerprint density at radius 1 is 1.38 bits per heavy atom. The molecule has 1 heterocycles. The van der Waals surface area contributed by atoms with Crippen LogP contribution in [-0.2, 0) is 0 Å². The van der Waals surface area contributed by atoms with Crippen molar-refractivity contribution in [3.8, 4) is 11.4 Å². The highest BCUT2D eigenvalue weighted by Crippen LogP contribution is 2.20. The second kappa shape index (κ2) is 6.30. The Hall–Kier alpha value is -2.50. The molecule has 2 aromatic rings. The Balaban J connectivity index is 2.26. The van der Waals surface area contributed by atoms with E-state index in [2.05, 4.69) is 15.3 Å². The molecule has 0 aliphatic carbocycles. The Morgan fingerprint density at radius 3 is 2.71 bits per heavy atom. The predicted molar refractivity (Wildman–Crippen MR) is 79.0 cm³/mol. The number of hydrogen-bond donors (Lipinski definition) is 2. The summed E-state index contributed by atoms with van der Waals surface area (Å²) in [5, 5.41) is 2.74. The Kier molecular flexibility index (Phi) is 4.47. The van der Waals surface area contributed by atoms with E-state index in [0.29, 0.717) is 12.5 Å². The van der Waals surface area contributed by atoms with Crippen LogP contribution in [0, 0.1) is 11.7 Å². The number of amides is 1. The first kappa shape index (κ1) is 14.9. The van der Waals surface area contributed by atoms with Gasteiger partial charge < -0.3 is 11.1 Å². The minimum atomic E-state index is -0.436. The SMILES string of the molecule is CC(C)CNC(=O)c1cnc(-c2ccccc2F)nc1N. The summed E-state index contributed by atoms with van der Waals surface area (Å²) in [7, 11) is 0. The zero-order valence-corrected chi connectivity index (χ0v) is 11.9. The summed E-state index contributed by atoms with van der Waals surface area (Å²) < 4.78 is 13.7. The van der Waals surface area contributed by atoms with Crippen LogP contribution in [0.25, 0.3) is 11.4 Å². The van der Waals surface area contributed by atoms with Crippen LogP contribution in [0.4, 0.5) is 10.2 Å². The molecule has 2 rings (SSSR count). The quantitative estimate of drug-likeness (QED) is 0.904. The van der Waals surface area contributed by atoms with E-state index in [4.69, 9.17) is 5.73 Å². The lowest BCUT2D eigenvalue weighted by Crippen LogP contribution is -2.28. The van der Waals surface area contributed by atoms with Gasteiger partial charge in [0, 0.05) is 12.7 Å². The number of nitrogen functional groups attached to an aromatic ring is 1. The second-order valence-corrected chi connectivity index (χ2v) is 5.08. The Labute approximate surface area is 122 Å². The highest BCUT2D eigenvalue weighted by Gasteiger charge is 2.14. The minimum absolute atomic E-state index is 0.0320. The lowest BCUT2D eigenvalue weighted by Gasteiger charge is -2.09. The molecule has 1 aromatic carbocycles. The summed E-state index contributed by atoms with van der Waals surface area (Å²) in [4.78, 5) is 20.0. The van der Waals surface area contributed by atoms with E-state index < -0.39 is 5.82 Å². The van der Waals surface area contributed by atoms with Crippen LogP contribution in [0.3, 0.4) is 0 Å². The Morgan fingerprint density at radius 2 is 2.10 bits per heavy atom. The number of benzene rings is 1. The fraction of sp³-hybridized carbons (Fsp3) is 0.267. The molecular weight excluding hydrogens is 271 g/mol. The molecule has 1 amide bonds. The molecule has 0 atom stereocenters. The smallest absolute Gasteiger partial charge is 0.256 e. The second-order valence-electron chi connectivity index (χ2n) is 5.08. The monoisotopic (exact) mass is 288 g/mol. The average Bonchev–Trinajstić information content (AvgIpc) is 2.45. The number of hydrogen-bond acceptors (Lipinski definition) is 4. The van der Waals surface area contributed by atoms with Crippen molar-refractivity contribution in [2.75, 3.05) is 12.3 Å². The van der Waals surface area contributed by atoms with Crippen LogP contribution in [0.2, 0.25) is 0 Å². The van der Waals surface area contributed by atoms with E-state index in [1.165, 1.54) is 12.3 Å². The van der Waals surface area contributed by atoms with Gasteiger partial charge in [0.15, 0.2) is 5.82 Å². The van der Waals surface area contributed by atoms with Crippen LogP contribution >= 0.6 is 0 Å². The van der Waals surface area contributed by atoms with Crippen LogP contribution in [0.1, 0.15) is 24.2 Å². The van der Waals surface area contributed by atoms with Gasteiger partial charge >= 0.3 is 0 Å². The van der Waals surface area contributed by atoms with Crippen molar-refractivity contribution < 1.29 is 9.18 Å². The summed E-state index contributed by atoms with van der Waals surface area (Å²) in [5.41, 5.74) is 6.22. The van der Waals surface area contributed by atoms with Crippen molar-refractivity contribution in [1.29, 1.82) is 0 Å². The first-order valence-electron chi connectivity index (χ1n) is 6.64. The lowest BCUT2D eigenvalue weighted by atomic mass is 10.2. The van der Waals surface area contributed by atoms with Gasteiger partial charge in [-0.1, -0.05) is 26.0 Å². The van der Waals surface area contributed by atoms with E-state index in [0.717, 1.165) is 0 Å². The summed E-state index contributed by atoms with van der Waals surface area (Å²) in [6.07, 6.45) is 1.32. The largest absolute Gasteiger partial charge is 0.383 e. The van der Waals surface area contributed by atoms with E-state index in [-0.39, 0.29) is 28.7 Å². The fourth-order valence-electron chi connectivity index (χ4n) is 1.73. The molecule has 0 radical (unpaired) electrons. The maximum Gasteiger partial charge on any atom is 0.256 e. The minimum Gasteiger partial charge on any atom is -0.383 e. The first-order valence-corrected chi connectivity index (χ1v) is 6.64. The van der Waals surface area contributed by atoms with Gasteiger partial charge in [-0.25, -0.2) is 14.4 Å². The van der Waals surface area contributed by atoms with Gasteiger partial charge in [0.1, 0.15) is 11.6 Å². The average molecular weight is 288 g/mol. The van der Waals surface area contributed by atoms with Gasteiger partial charge in [0.2, 0.25) is 0 Å². The molecule has 110 valence electrons. The summed E-state index contributed by atoms with van der Waals surface area (Å²) in [6, 6.07) is 6.14. The van der Waals surface area contributed by atoms with Gasteiger partial charge in [-0.15, -0.1) is 0 Å². The van der Waals surface area contributed by atoms with Gasteiger partial charge in [-0.3, -0.25) is 4.79 Å². The number of halogens is 1. The summed E-state index contributed by atoms with van der Waals surface area (Å²) >= 11 is 0. The van der Waals surface area contributed by atoms with Gasteiger partial charge in [0.25, 0.3) is 5.91 Å². The third-order valence-electron chi connectivity index (χ3n) is 2.85. The number of rotatable bonds is 4. The molecule has 0 saturated carbocycles. The molecule has 0 unspecified atom stereocenters. The van der Waals surface area contributed by atoms with Gasteiger partial charge in [-0.2, -0.15) is 0 Å². The molecule has 6 heteroatoms. The zero-order chi connectivity index (χ0) is 15.4. The van der Waals surface area contributed by atoms with E-state index in [1.807, 2.05) is 13.8 Å². The molecule has 0 aliphatic rings. The van der Waals surface area contributed by atoms with Crippen molar-refractivity contribution in [1.82, 2.24) is 15.3 Å². The predicted octanol–water partition coefficient (Wildman–Crippen LogP) is 2.25. The number of nitrogens with one attached hydrogen (secondary N) is 1. The van der Waals surface area contributed by atoms with E-state index in [9.17, 15) is 9.18 Å². The molecule has 0 fully saturated rings. The maximum atomic E-state index is 13.7. The summed E-state index contributed by atoms with van der Waals surface area (Å²) in [5.74, 6) is -0.250. The van der Waals surface area contributed by atoms with Gasteiger partial charge in [0.05, 0.1) is 11.1 Å². The molecular formula is C15H17FN4O. The standard InChI is InChI=1S/C15H17FN4O/c1-9(2)7-19-15(21)11-8-18-14(20-13(11)17)10-5-3-4-6-12(10)16/h3-6,8-9H,7H2,1-2H3,(H,19,21)(H2,17,18,20). The number of carbonyl (C=O) groups is 1. The van der Waals surface area contributed by atoms with E-state index >= 15 is 0 Å². The number of carbonyl (C=O) groups excluding carboxylic acids is 1. The first-order chi connectivity index (χ1) is 9.99. The van der Waals surface area contributed by atoms with Crippen LogP contribution in [0.5, 0.6) is 0 Å². The highest BCUT2D eigenvalue weighted by atomic mass is 19.1. The normalized spacial score (nSPS) is 10.7. The van der Waals surface area contributed by atoms with Crippen LogP contribution < -0.4 is 11.1 Å². The maximum absolute atomic E-state index is 13.7. The molecule has 0 spiro atoms. The molecule has 21 heavy (non-hydrogen) atoms. The number of aromatic nitrogens is 2. The van der Waals surface area contributed by atoms with Crippen LogP contribution in [-0.4, -0.2) is 22.4 Å². The number of nitrogens with zero attached hydrogens (tertiary/aromatic N) is 2. The lowest BCUT2D eigenvalue weighted by molar-refractivity contribution is 0.0949. The van der Waals surface area contributed by atoms with Crippen molar-refractivity contribution in [2.45, 2.75) is 13.8 Å². The number of anilines is 1. The van der Waals surface area contributed by atoms with E-state index in [1.54, 1.807) is 18.2 Å². The van der Waals surface area contributed by atoms with Crippen molar-refractivity contribution >= 4 is 11.7 Å². The number of nitrogens with two attached hydrogens (primary N) is 1. The van der Waals surface area contributed by atoms with Gasteiger partial charge in [-0.05, 0) is 18.1 Å². The molecule has 0 bridgehead atoms. The summed E-state index contributed by atoms with van der Waals surface area (Å²) in [6.45, 7) is 4.51. The third kappa shape index (κ3) is 3.53. The molecule has 3 N–H and O–H groups in total. The highest BCUT2D eigenvalue weighted by molar-refractivity contribution is 5.98. The Bertz CT molecular complexity index is 658. The third-order valence-corrected chi connectivity index (χ3v) is 2.85.